The number of ether oxygens (including phenoxy) is 1. The van der Waals surface area contributed by atoms with Crippen LogP contribution in [0.5, 0.6) is 0 Å². The second-order valence-corrected chi connectivity index (χ2v) is 3.95. The van der Waals surface area contributed by atoms with Crippen molar-refractivity contribution in [2.45, 2.75) is 11.5 Å². The van der Waals surface area contributed by atoms with Crippen LogP contribution in [0.25, 0.3) is 0 Å². The number of hydrogen-bond donors (Lipinski definition) is 1. The minimum absolute atomic E-state index is 0.0786. The van der Waals surface area contributed by atoms with Crippen molar-refractivity contribution < 1.29 is 22.5 Å². The number of hydrogen-bond acceptors (Lipinski definition) is 4. The zero-order valence-electron chi connectivity index (χ0n) is 7.08. The Morgan fingerprint density at radius 2 is 1.86 bits per heavy atom. The van der Waals surface area contributed by atoms with E-state index >= 15 is 0 Å². The number of rotatable bonds is 4. The Morgan fingerprint density at radius 1 is 1.29 bits per heavy atom. The van der Waals surface area contributed by atoms with Gasteiger partial charge in [0.05, 0.1) is 4.90 Å². The molecule has 1 aromatic rings. The van der Waals surface area contributed by atoms with Gasteiger partial charge in [0.25, 0.3) is 16.6 Å². The van der Waals surface area contributed by atoms with Crippen LogP contribution in [0, 0.1) is 0 Å². The fraction of sp³-hybridized carbons (Fsp3) is 0.125. The van der Waals surface area contributed by atoms with Crippen LogP contribution in [0.3, 0.4) is 0 Å². The lowest BCUT2D eigenvalue weighted by atomic mass is 10.2. The van der Waals surface area contributed by atoms with E-state index in [1.54, 1.807) is 0 Å². The Morgan fingerprint density at radius 3 is 2.29 bits per heavy atom. The van der Waals surface area contributed by atoms with Gasteiger partial charge in [-0.05, 0) is 17.7 Å². The maximum absolute atomic E-state index is 10.6. The van der Waals surface area contributed by atoms with Crippen molar-refractivity contribution in [1.29, 1.82) is 0 Å². The molecule has 0 saturated carbocycles. The molecule has 0 aromatic heterocycles. The maximum atomic E-state index is 10.6. The van der Waals surface area contributed by atoms with Gasteiger partial charge in [0, 0.05) is 0 Å². The average molecular weight is 216 g/mol. The van der Waals surface area contributed by atoms with E-state index in [1.807, 2.05) is 0 Å². The summed E-state index contributed by atoms with van der Waals surface area (Å²) in [6, 6.07) is 5.37. The predicted octanol–water partition coefficient (Wildman–Crippen LogP) is 0.606. The number of benzene rings is 1. The third kappa shape index (κ3) is 2.82. The summed E-state index contributed by atoms with van der Waals surface area (Å²) >= 11 is 0. The monoisotopic (exact) mass is 216 g/mol. The van der Waals surface area contributed by atoms with E-state index in [9.17, 15) is 13.2 Å². The van der Waals surface area contributed by atoms with Crippen molar-refractivity contribution in [1.82, 2.24) is 0 Å². The lowest BCUT2D eigenvalue weighted by molar-refractivity contribution is -0.129. The van der Waals surface area contributed by atoms with Crippen molar-refractivity contribution in [3.8, 4) is 0 Å². The van der Waals surface area contributed by atoms with E-state index in [1.165, 1.54) is 24.3 Å². The summed E-state index contributed by atoms with van der Waals surface area (Å²) in [6.07, 6.45) is 0. The van der Waals surface area contributed by atoms with Crippen molar-refractivity contribution in [2.75, 3.05) is 0 Å². The van der Waals surface area contributed by atoms with E-state index in [-0.39, 0.29) is 11.5 Å². The average Bonchev–Trinajstić information content (AvgIpc) is 2.14. The fourth-order valence-corrected chi connectivity index (χ4v) is 1.37. The number of carbonyl (C=O) groups excluding carboxylic acids is 1. The molecular formula is C8H8O5S. The van der Waals surface area contributed by atoms with Gasteiger partial charge in [0.1, 0.15) is 6.61 Å². The molecule has 0 aliphatic carbocycles. The molecule has 0 radical (unpaired) electrons. The molecule has 0 fully saturated rings. The summed E-state index contributed by atoms with van der Waals surface area (Å²) in [6.45, 7) is 0.381. The topological polar surface area (TPSA) is 80.7 Å². The summed E-state index contributed by atoms with van der Waals surface area (Å²) in [4.78, 5) is 9.66. The zero-order valence-corrected chi connectivity index (χ0v) is 7.90. The molecule has 0 unspecified atom stereocenters. The first kappa shape index (κ1) is 10.7. The van der Waals surface area contributed by atoms with Crippen LogP contribution in [-0.2, 0) is 26.3 Å². The lowest BCUT2D eigenvalue weighted by Gasteiger charge is -2.00. The Hall–Kier alpha value is -1.40. The van der Waals surface area contributed by atoms with Crippen molar-refractivity contribution in [3.63, 3.8) is 0 Å². The third-order valence-electron chi connectivity index (χ3n) is 1.54. The van der Waals surface area contributed by atoms with Gasteiger partial charge in [-0.2, -0.15) is 8.42 Å². The number of carbonyl (C=O) groups is 1. The summed E-state index contributed by atoms with van der Waals surface area (Å²) in [5.74, 6) is 0. The van der Waals surface area contributed by atoms with Crippen LogP contribution in [0.15, 0.2) is 29.2 Å². The molecule has 0 spiro atoms. The summed E-state index contributed by atoms with van der Waals surface area (Å²) < 4.78 is 34.3. The largest absolute Gasteiger partial charge is 0.463 e. The van der Waals surface area contributed by atoms with Crippen molar-refractivity contribution in [2.24, 2.45) is 0 Å². The Labute approximate surface area is 81.1 Å². The standard InChI is InChI=1S/C8H8O5S/c9-6-13-5-7-1-3-8(4-2-7)14(10,11)12/h1-4,6H,5H2,(H,10,11,12). The van der Waals surface area contributed by atoms with Crippen LogP contribution >= 0.6 is 0 Å². The van der Waals surface area contributed by atoms with E-state index in [0.29, 0.717) is 12.0 Å². The first-order chi connectivity index (χ1) is 6.54. The molecule has 5 nitrogen and oxygen atoms in total. The van der Waals surface area contributed by atoms with E-state index < -0.39 is 10.1 Å². The van der Waals surface area contributed by atoms with E-state index in [0.717, 1.165) is 0 Å². The van der Waals surface area contributed by atoms with Gasteiger partial charge in [-0.3, -0.25) is 9.35 Å². The smallest absolute Gasteiger partial charge is 0.294 e. The molecule has 76 valence electrons. The third-order valence-corrected chi connectivity index (χ3v) is 2.41. The second kappa shape index (κ2) is 4.21. The molecule has 1 rings (SSSR count). The summed E-state index contributed by atoms with van der Waals surface area (Å²) in [5, 5.41) is 0. The molecule has 0 saturated heterocycles. The lowest BCUT2D eigenvalue weighted by Crippen LogP contribution is -1.98. The molecule has 6 heteroatoms. The highest BCUT2D eigenvalue weighted by Gasteiger charge is 2.07. The molecule has 14 heavy (non-hydrogen) atoms. The van der Waals surface area contributed by atoms with Gasteiger partial charge in [0.2, 0.25) is 0 Å². The Kier molecular flexibility index (Phi) is 3.21. The summed E-state index contributed by atoms with van der Waals surface area (Å²) in [5.41, 5.74) is 0.643. The zero-order chi connectivity index (χ0) is 10.6. The van der Waals surface area contributed by atoms with E-state index in [2.05, 4.69) is 4.74 Å². The van der Waals surface area contributed by atoms with Crippen molar-refractivity contribution in [3.05, 3.63) is 29.8 Å². The van der Waals surface area contributed by atoms with Crippen LogP contribution in [0.2, 0.25) is 0 Å². The van der Waals surface area contributed by atoms with Gasteiger partial charge in [-0.15, -0.1) is 0 Å². The van der Waals surface area contributed by atoms with Gasteiger partial charge in [0.15, 0.2) is 0 Å². The highest BCUT2D eigenvalue weighted by atomic mass is 32.2. The van der Waals surface area contributed by atoms with E-state index in [4.69, 9.17) is 4.55 Å². The van der Waals surface area contributed by atoms with Gasteiger partial charge < -0.3 is 4.74 Å². The van der Waals surface area contributed by atoms with Crippen molar-refractivity contribution >= 4 is 16.6 Å². The maximum Gasteiger partial charge on any atom is 0.294 e. The molecule has 0 aliphatic rings. The quantitative estimate of drug-likeness (QED) is 0.589. The first-order valence-corrected chi connectivity index (χ1v) is 5.10. The Balaban J connectivity index is 2.84. The normalized spacial score (nSPS) is 10.9. The van der Waals surface area contributed by atoms with Gasteiger partial charge >= 0.3 is 0 Å². The molecule has 1 N–H and O–H groups in total. The minimum Gasteiger partial charge on any atom is -0.463 e. The first-order valence-electron chi connectivity index (χ1n) is 3.66. The molecule has 1 aromatic carbocycles. The molecule has 0 atom stereocenters. The van der Waals surface area contributed by atoms with Gasteiger partial charge in [-0.25, -0.2) is 0 Å². The predicted molar refractivity (Wildman–Crippen MR) is 47.1 cm³/mol. The van der Waals surface area contributed by atoms with Crippen LogP contribution in [-0.4, -0.2) is 19.4 Å². The molecule has 0 amide bonds. The molecule has 0 aliphatic heterocycles. The molecular weight excluding hydrogens is 208 g/mol. The van der Waals surface area contributed by atoms with Crippen LogP contribution in [0.1, 0.15) is 5.56 Å². The van der Waals surface area contributed by atoms with Crippen LogP contribution < -0.4 is 0 Å². The fourth-order valence-electron chi connectivity index (χ4n) is 0.888. The highest BCUT2D eigenvalue weighted by Crippen LogP contribution is 2.10. The highest BCUT2D eigenvalue weighted by molar-refractivity contribution is 7.85. The van der Waals surface area contributed by atoms with Crippen LogP contribution in [0.4, 0.5) is 0 Å². The summed E-state index contributed by atoms with van der Waals surface area (Å²) in [7, 11) is -4.15. The minimum atomic E-state index is -4.15. The molecule has 0 heterocycles. The SMILES string of the molecule is O=COCc1ccc(S(=O)(=O)O)cc1. The molecule has 0 bridgehead atoms. The van der Waals surface area contributed by atoms with Gasteiger partial charge in [-0.1, -0.05) is 12.1 Å². The Bertz CT molecular complexity index is 406. The second-order valence-electron chi connectivity index (χ2n) is 2.53.